The van der Waals surface area contributed by atoms with Crippen LogP contribution < -0.4 is 10.9 Å². The number of nitrogens with zero attached hydrogens (tertiary/aromatic N) is 2. The summed E-state index contributed by atoms with van der Waals surface area (Å²) in [4.78, 5) is 36.7. The molecule has 0 aliphatic heterocycles. The van der Waals surface area contributed by atoms with Gasteiger partial charge in [0.25, 0.3) is 11.5 Å². The molecule has 0 atom stereocenters. The van der Waals surface area contributed by atoms with Crippen molar-refractivity contribution in [3.63, 3.8) is 0 Å². The largest absolute Gasteiger partial charge is 0.322 e. The Morgan fingerprint density at radius 2 is 1.93 bits per heavy atom. The Balaban J connectivity index is 1.89. The summed E-state index contributed by atoms with van der Waals surface area (Å²) in [6, 6.07) is 7.40. The van der Waals surface area contributed by atoms with E-state index in [9.17, 15) is 9.59 Å². The van der Waals surface area contributed by atoms with Crippen molar-refractivity contribution in [1.29, 1.82) is 0 Å². The van der Waals surface area contributed by atoms with Gasteiger partial charge in [-0.05, 0) is 26.0 Å². The van der Waals surface area contributed by atoms with E-state index in [4.69, 9.17) is 0 Å². The molecule has 1 amide bonds. The Morgan fingerprint density at radius 1 is 1.19 bits per heavy atom. The summed E-state index contributed by atoms with van der Waals surface area (Å²) in [5.74, 6) is 0.0794. The van der Waals surface area contributed by atoms with Crippen LogP contribution in [0.25, 0.3) is 11.3 Å². The topological polar surface area (TPSA) is 87.7 Å². The second kappa shape index (κ2) is 7.08. The average molecular weight is 382 g/mol. The molecule has 0 fully saturated rings. The molecule has 140 valence electrons. The van der Waals surface area contributed by atoms with E-state index in [0.29, 0.717) is 17.2 Å². The predicted octanol–water partition coefficient (Wildman–Crippen LogP) is 4.06. The lowest BCUT2D eigenvalue weighted by molar-refractivity contribution is 0.102. The van der Waals surface area contributed by atoms with Gasteiger partial charge < -0.3 is 10.3 Å². The first kappa shape index (κ1) is 19.0. The van der Waals surface area contributed by atoms with E-state index in [-0.39, 0.29) is 11.0 Å². The fourth-order valence-corrected chi connectivity index (χ4v) is 3.28. The Kier molecular flexibility index (Phi) is 4.97. The fraction of sp³-hybridized carbons (Fsp3) is 0.300. The van der Waals surface area contributed by atoms with Crippen LogP contribution in [0.5, 0.6) is 0 Å². The molecule has 2 N–H and O–H groups in total. The molecule has 3 aromatic rings. The zero-order chi connectivity index (χ0) is 19.8. The Hall–Kier alpha value is -2.80. The number of carbonyl (C=O) groups is 1. The minimum Gasteiger partial charge on any atom is -0.322 e. The molecule has 0 saturated carbocycles. The van der Waals surface area contributed by atoms with Gasteiger partial charge in [-0.3, -0.25) is 9.59 Å². The second-order valence-electron chi connectivity index (χ2n) is 7.41. The van der Waals surface area contributed by atoms with Crippen LogP contribution in [0.4, 0.5) is 5.69 Å². The van der Waals surface area contributed by atoms with E-state index in [1.807, 2.05) is 51.3 Å². The summed E-state index contributed by atoms with van der Waals surface area (Å²) >= 11 is 1.57. The maximum Gasteiger partial charge on any atom is 0.264 e. The number of hydrogen-bond donors (Lipinski definition) is 2. The van der Waals surface area contributed by atoms with Crippen molar-refractivity contribution >= 4 is 22.9 Å². The Morgan fingerprint density at radius 3 is 2.52 bits per heavy atom. The minimum absolute atomic E-state index is 0.0258. The van der Waals surface area contributed by atoms with Crippen LogP contribution in [-0.2, 0) is 5.41 Å². The molecule has 0 bridgehead atoms. The highest BCUT2D eigenvalue weighted by molar-refractivity contribution is 7.09. The number of H-pyrrole nitrogens is 1. The smallest absolute Gasteiger partial charge is 0.264 e. The second-order valence-corrected chi connectivity index (χ2v) is 8.47. The van der Waals surface area contributed by atoms with Crippen molar-refractivity contribution in [3.05, 3.63) is 62.1 Å². The standard InChI is InChI=1S/C20H22N4O2S/c1-11-16(18(26)24-19(21-11)20(3,4)5)17(25)23-14-8-6-7-13(9-14)15-10-27-12(2)22-15/h6-10H,1-5H3,(H,23,25)(H,21,24,26). The fourth-order valence-electron chi connectivity index (χ4n) is 2.65. The van der Waals surface area contributed by atoms with Crippen molar-refractivity contribution in [2.75, 3.05) is 5.32 Å². The highest BCUT2D eigenvalue weighted by Crippen LogP contribution is 2.24. The number of hydrogen-bond acceptors (Lipinski definition) is 5. The molecule has 27 heavy (non-hydrogen) atoms. The van der Waals surface area contributed by atoms with Gasteiger partial charge in [0.15, 0.2) is 0 Å². The maximum atomic E-state index is 12.7. The van der Waals surface area contributed by atoms with E-state index in [1.165, 1.54) is 0 Å². The number of nitrogens with one attached hydrogen (secondary N) is 2. The Labute approximate surface area is 161 Å². The molecule has 2 heterocycles. The molecule has 2 aromatic heterocycles. The van der Waals surface area contributed by atoms with Crippen molar-refractivity contribution in [2.45, 2.75) is 40.0 Å². The average Bonchev–Trinajstić information content (AvgIpc) is 3.00. The van der Waals surface area contributed by atoms with Crippen LogP contribution in [0.3, 0.4) is 0 Å². The first-order valence-electron chi connectivity index (χ1n) is 8.60. The van der Waals surface area contributed by atoms with Crippen molar-refractivity contribution in [1.82, 2.24) is 15.0 Å². The van der Waals surface area contributed by atoms with Crippen molar-refractivity contribution in [3.8, 4) is 11.3 Å². The number of aromatic amines is 1. The number of amides is 1. The molecule has 0 radical (unpaired) electrons. The number of aryl methyl sites for hydroxylation is 2. The van der Waals surface area contributed by atoms with E-state index in [0.717, 1.165) is 16.3 Å². The number of benzene rings is 1. The summed E-state index contributed by atoms with van der Waals surface area (Å²) in [6.07, 6.45) is 0. The van der Waals surface area contributed by atoms with Crippen molar-refractivity contribution in [2.24, 2.45) is 0 Å². The molecule has 0 saturated heterocycles. The number of rotatable bonds is 3. The molecular weight excluding hydrogens is 360 g/mol. The summed E-state index contributed by atoms with van der Waals surface area (Å²) in [6.45, 7) is 9.49. The Bertz CT molecular complexity index is 1060. The van der Waals surface area contributed by atoms with Crippen LogP contribution in [0.15, 0.2) is 34.4 Å². The minimum atomic E-state index is -0.478. The summed E-state index contributed by atoms with van der Waals surface area (Å²) in [7, 11) is 0. The van der Waals surface area contributed by atoms with Crippen LogP contribution in [-0.4, -0.2) is 20.9 Å². The first-order chi connectivity index (χ1) is 12.6. The predicted molar refractivity (Wildman–Crippen MR) is 109 cm³/mol. The van der Waals surface area contributed by atoms with Gasteiger partial charge in [0, 0.05) is 22.0 Å². The molecule has 3 rings (SSSR count). The maximum absolute atomic E-state index is 12.7. The highest BCUT2D eigenvalue weighted by Gasteiger charge is 2.22. The van der Waals surface area contributed by atoms with Crippen LogP contribution in [0.1, 0.15) is 47.7 Å². The molecule has 0 aliphatic carbocycles. The van der Waals surface area contributed by atoms with Gasteiger partial charge >= 0.3 is 0 Å². The van der Waals surface area contributed by atoms with Gasteiger partial charge in [-0.1, -0.05) is 32.9 Å². The van der Waals surface area contributed by atoms with Gasteiger partial charge in [0.1, 0.15) is 11.4 Å². The molecule has 0 unspecified atom stereocenters. The van der Waals surface area contributed by atoms with E-state index in [2.05, 4.69) is 20.3 Å². The lowest BCUT2D eigenvalue weighted by atomic mass is 9.95. The normalized spacial score (nSPS) is 11.4. The van der Waals surface area contributed by atoms with Gasteiger partial charge in [-0.15, -0.1) is 11.3 Å². The van der Waals surface area contributed by atoms with Gasteiger partial charge in [0.05, 0.1) is 16.4 Å². The zero-order valence-corrected chi connectivity index (χ0v) is 16.8. The van der Waals surface area contributed by atoms with Crippen LogP contribution in [0, 0.1) is 13.8 Å². The van der Waals surface area contributed by atoms with E-state index >= 15 is 0 Å². The van der Waals surface area contributed by atoms with Gasteiger partial charge in [-0.25, -0.2) is 9.97 Å². The lowest BCUT2D eigenvalue weighted by Gasteiger charge is -2.18. The SMILES string of the molecule is Cc1nc(-c2cccc(NC(=O)c3c(C)nc(C(C)(C)C)[nH]c3=O)c2)cs1. The molecular formula is C20H22N4O2S. The summed E-state index contributed by atoms with van der Waals surface area (Å²) < 4.78 is 0. The quantitative estimate of drug-likeness (QED) is 0.715. The van der Waals surface area contributed by atoms with Crippen LogP contribution >= 0.6 is 11.3 Å². The van der Waals surface area contributed by atoms with E-state index < -0.39 is 11.5 Å². The van der Waals surface area contributed by atoms with Crippen LogP contribution in [0.2, 0.25) is 0 Å². The monoisotopic (exact) mass is 382 g/mol. The molecule has 7 heteroatoms. The first-order valence-corrected chi connectivity index (χ1v) is 9.48. The highest BCUT2D eigenvalue weighted by atomic mass is 32.1. The summed E-state index contributed by atoms with van der Waals surface area (Å²) in [5.41, 5.74) is 2.06. The number of carbonyl (C=O) groups excluding carboxylic acids is 1. The third-order valence-electron chi connectivity index (χ3n) is 4.07. The summed E-state index contributed by atoms with van der Waals surface area (Å²) in [5, 5.41) is 5.74. The zero-order valence-electron chi connectivity index (χ0n) is 16.0. The van der Waals surface area contributed by atoms with Gasteiger partial charge in [-0.2, -0.15) is 0 Å². The molecule has 1 aromatic carbocycles. The van der Waals surface area contributed by atoms with E-state index in [1.54, 1.807) is 24.3 Å². The lowest BCUT2D eigenvalue weighted by Crippen LogP contribution is -2.30. The number of aromatic nitrogens is 3. The van der Waals surface area contributed by atoms with Gasteiger partial charge in [0.2, 0.25) is 0 Å². The number of anilines is 1. The molecule has 0 aliphatic rings. The van der Waals surface area contributed by atoms with Crippen molar-refractivity contribution < 1.29 is 4.79 Å². The third kappa shape index (κ3) is 4.14. The molecule has 0 spiro atoms. The number of thiazole rings is 1. The molecule has 6 nitrogen and oxygen atoms in total. The third-order valence-corrected chi connectivity index (χ3v) is 4.85.